The molecule has 1 aromatic heterocycles. The summed E-state index contributed by atoms with van der Waals surface area (Å²) in [6.07, 6.45) is 6.26. The van der Waals surface area contributed by atoms with Crippen molar-refractivity contribution >= 4 is 11.0 Å². The molecule has 0 aliphatic heterocycles. The highest BCUT2D eigenvalue weighted by atomic mass is 14.9. The SMILES string of the molecule is CCCCCCc1nc2c(C)cccc2[nH]1. The van der Waals surface area contributed by atoms with Gasteiger partial charge in [0, 0.05) is 6.42 Å². The quantitative estimate of drug-likeness (QED) is 0.752. The van der Waals surface area contributed by atoms with E-state index < -0.39 is 0 Å². The van der Waals surface area contributed by atoms with Crippen LogP contribution in [0.4, 0.5) is 0 Å². The van der Waals surface area contributed by atoms with Gasteiger partial charge in [0.05, 0.1) is 11.0 Å². The van der Waals surface area contributed by atoms with Crippen molar-refractivity contribution in [2.24, 2.45) is 0 Å². The van der Waals surface area contributed by atoms with E-state index in [4.69, 9.17) is 0 Å². The number of nitrogens with zero attached hydrogens (tertiary/aromatic N) is 1. The average Bonchev–Trinajstić information content (AvgIpc) is 2.69. The van der Waals surface area contributed by atoms with E-state index in [1.165, 1.54) is 36.8 Å². The van der Waals surface area contributed by atoms with Gasteiger partial charge >= 0.3 is 0 Å². The van der Waals surface area contributed by atoms with Crippen molar-refractivity contribution in [2.75, 3.05) is 0 Å². The molecule has 0 fully saturated rings. The second kappa shape index (κ2) is 5.15. The Kier molecular flexibility index (Phi) is 3.60. The summed E-state index contributed by atoms with van der Waals surface area (Å²) < 4.78 is 0. The van der Waals surface area contributed by atoms with Gasteiger partial charge in [-0.2, -0.15) is 0 Å². The molecule has 0 aliphatic rings. The molecule has 2 nitrogen and oxygen atoms in total. The van der Waals surface area contributed by atoms with Gasteiger partial charge in [0.15, 0.2) is 0 Å². The van der Waals surface area contributed by atoms with Gasteiger partial charge < -0.3 is 4.98 Å². The summed E-state index contributed by atoms with van der Waals surface area (Å²) in [4.78, 5) is 8.06. The number of nitrogens with one attached hydrogen (secondary N) is 1. The Hall–Kier alpha value is -1.31. The normalized spacial score (nSPS) is 11.1. The first-order chi connectivity index (χ1) is 7.81. The molecule has 0 saturated heterocycles. The molecule has 0 bridgehead atoms. The first-order valence-corrected chi connectivity index (χ1v) is 6.25. The standard InChI is InChI=1S/C14H20N2/c1-3-4-5-6-10-13-15-12-9-7-8-11(2)14(12)16-13/h7-9H,3-6,10H2,1-2H3,(H,15,16). The van der Waals surface area contributed by atoms with E-state index in [0.717, 1.165) is 17.8 Å². The molecule has 0 atom stereocenters. The third-order valence-electron chi connectivity index (χ3n) is 3.03. The molecule has 1 heterocycles. The fourth-order valence-corrected chi connectivity index (χ4v) is 2.06. The van der Waals surface area contributed by atoms with Crippen LogP contribution >= 0.6 is 0 Å². The summed E-state index contributed by atoms with van der Waals surface area (Å²) in [7, 11) is 0. The Morgan fingerprint density at radius 2 is 2.06 bits per heavy atom. The number of imidazole rings is 1. The number of aromatic nitrogens is 2. The van der Waals surface area contributed by atoms with Gasteiger partial charge in [-0.25, -0.2) is 4.98 Å². The van der Waals surface area contributed by atoms with E-state index in [1.807, 2.05) is 0 Å². The van der Waals surface area contributed by atoms with Crippen LogP contribution < -0.4 is 0 Å². The fourth-order valence-electron chi connectivity index (χ4n) is 2.06. The van der Waals surface area contributed by atoms with E-state index in [-0.39, 0.29) is 0 Å². The zero-order valence-corrected chi connectivity index (χ0v) is 10.2. The van der Waals surface area contributed by atoms with Crippen molar-refractivity contribution < 1.29 is 0 Å². The molecule has 1 N–H and O–H groups in total. The van der Waals surface area contributed by atoms with E-state index >= 15 is 0 Å². The molecule has 2 aromatic rings. The summed E-state index contributed by atoms with van der Waals surface area (Å²) >= 11 is 0. The first-order valence-electron chi connectivity index (χ1n) is 6.25. The molecule has 0 radical (unpaired) electrons. The molecule has 0 spiro atoms. The smallest absolute Gasteiger partial charge is 0.107 e. The Bertz CT molecular complexity index is 457. The summed E-state index contributed by atoms with van der Waals surface area (Å²) in [5.74, 6) is 1.14. The number of hydrogen-bond acceptors (Lipinski definition) is 1. The van der Waals surface area contributed by atoms with E-state index in [1.54, 1.807) is 0 Å². The summed E-state index contributed by atoms with van der Waals surface area (Å²) in [5.41, 5.74) is 3.56. The highest BCUT2D eigenvalue weighted by Crippen LogP contribution is 2.16. The van der Waals surface area contributed by atoms with Gasteiger partial charge in [0.2, 0.25) is 0 Å². The Morgan fingerprint density at radius 1 is 1.19 bits per heavy atom. The maximum absolute atomic E-state index is 4.65. The van der Waals surface area contributed by atoms with Crippen LogP contribution in [0, 0.1) is 6.92 Å². The van der Waals surface area contributed by atoms with Crippen molar-refractivity contribution in [3.05, 3.63) is 29.6 Å². The van der Waals surface area contributed by atoms with Crippen LogP contribution in [0.2, 0.25) is 0 Å². The molecule has 16 heavy (non-hydrogen) atoms. The topological polar surface area (TPSA) is 28.7 Å². The number of benzene rings is 1. The average molecular weight is 216 g/mol. The molecule has 0 saturated carbocycles. The lowest BCUT2D eigenvalue weighted by atomic mass is 10.1. The van der Waals surface area contributed by atoms with Crippen molar-refractivity contribution in [3.63, 3.8) is 0 Å². The summed E-state index contributed by atoms with van der Waals surface area (Å²) in [6, 6.07) is 6.30. The molecule has 0 unspecified atom stereocenters. The van der Waals surface area contributed by atoms with Crippen LogP contribution in [0.3, 0.4) is 0 Å². The molecule has 0 aliphatic carbocycles. The van der Waals surface area contributed by atoms with Crippen molar-refractivity contribution in [3.8, 4) is 0 Å². The lowest BCUT2D eigenvalue weighted by molar-refractivity contribution is 0.656. The molecular weight excluding hydrogens is 196 g/mol. The predicted octanol–water partition coefficient (Wildman–Crippen LogP) is 3.99. The fraction of sp³-hybridized carbons (Fsp3) is 0.500. The van der Waals surface area contributed by atoms with Crippen LogP contribution in [-0.4, -0.2) is 9.97 Å². The van der Waals surface area contributed by atoms with E-state index in [9.17, 15) is 0 Å². The van der Waals surface area contributed by atoms with E-state index in [2.05, 4.69) is 42.0 Å². The molecule has 1 aromatic carbocycles. The first kappa shape index (κ1) is 11.2. The van der Waals surface area contributed by atoms with Gasteiger partial charge in [-0.05, 0) is 25.0 Å². The largest absolute Gasteiger partial charge is 0.342 e. The number of rotatable bonds is 5. The minimum absolute atomic E-state index is 1.08. The van der Waals surface area contributed by atoms with Crippen molar-refractivity contribution in [1.82, 2.24) is 9.97 Å². The lowest BCUT2D eigenvalue weighted by Crippen LogP contribution is -1.88. The third-order valence-corrected chi connectivity index (χ3v) is 3.03. The van der Waals surface area contributed by atoms with Crippen LogP contribution in [0.1, 0.15) is 44.0 Å². The van der Waals surface area contributed by atoms with Gasteiger partial charge in [0.25, 0.3) is 0 Å². The monoisotopic (exact) mass is 216 g/mol. The number of aromatic amines is 1. The van der Waals surface area contributed by atoms with Gasteiger partial charge in [-0.3, -0.25) is 0 Å². The summed E-state index contributed by atoms with van der Waals surface area (Å²) in [5, 5.41) is 0. The zero-order valence-electron chi connectivity index (χ0n) is 10.2. The highest BCUT2D eigenvalue weighted by molar-refractivity contribution is 5.78. The Morgan fingerprint density at radius 3 is 2.81 bits per heavy atom. The third kappa shape index (κ3) is 2.43. The number of para-hydroxylation sites is 1. The van der Waals surface area contributed by atoms with Gasteiger partial charge in [-0.15, -0.1) is 0 Å². The van der Waals surface area contributed by atoms with Crippen LogP contribution in [0.15, 0.2) is 18.2 Å². The van der Waals surface area contributed by atoms with Gasteiger partial charge in [-0.1, -0.05) is 38.3 Å². The minimum atomic E-state index is 1.08. The minimum Gasteiger partial charge on any atom is -0.342 e. The molecule has 86 valence electrons. The molecule has 2 rings (SSSR count). The highest BCUT2D eigenvalue weighted by Gasteiger charge is 2.03. The second-order valence-corrected chi connectivity index (χ2v) is 4.47. The number of hydrogen-bond donors (Lipinski definition) is 1. The van der Waals surface area contributed by atoms with Crippen LogP contribution in [0.5, 0.6) is 0 Å². The number of unbranched alkanes of at least 4 members (excludes halogenated alkanes) is 3. The maximum atomic E-state index is 4.65. The number of aryl methyl sites for hydroxylation is 2. The Balaban J connectivity index is 2.05. The number of fused-ring (bicyclic) bond motifs is 1. The lowest BCUT2D eigenvalue weighted by Gasteiger charge is -1.95. The van der Waals surface area contributed by atoms with Crippen LogP contribution in [0.25, 0.3) is 11.0 Å². The van der Waals surface area contributed by atoms with Crippen molar-refractivity contribution in [1.29, 1.82) is 0 Å². The van der Waals surface area contributed by atoms with E-state index in [0.29, 0.717) is 0 Å². The van der Waals surface area contributed by atoms with Crippen molar-refractivity contribution in [2.45, 2.75) is 46.0 Å². The second-order valence-electron chi connectivity index (χ2n) is 4.47. The van der Waals surface area contributed by atoms with Crippen LogP contribution in [-0.2, 0) is 6.42 Å². The number of H-pyrrole nitrogens is 1. The predicted molar refractivity (Wildman–Crippen MR) is 68.7 cm³/mol. The molecular formula is C14H20N2. The molecule has 2 heteroatoms. The summed E-state index contributed by atoms with van der Waals surface area (Å²) in [6.45, 7) is 4.36. The van der Waals surface area contributed by atoms with Gasteiger partial charge in [0.1, 0.15) is 5.82 Å². The molecule has 0 amide bonds. The Labute approximate surface area is 97.1 Å². The maximum Gasteiger partial charge on any atom is 0.107 e. The zero-order chi connectivity index (χ0) is 11.4.